The molecule has 1 nitrogen and oxygen atoms in total. The Morgan fingerprint density at radius 3 is 1.81 bits per heavy atom. The summed E-state index contributed by atoms with van der Waals surface area (Å²) in [6.07, 6.45) is 39.9. The number of rotatable bonds is 19. The molecule has 2 N–H and O–H groups in total. The van der Waals surface area contributed by atoms with E-state index in [9.17, 15) is 0 Å². The Bertz CT molecular complexity index is 814. The first kappa shape index (κ1) is 34.6. The lowest BCUT2D eigenvalue weighted by molar-refractivity contribution is -0.0611. The fourth-order valence-corrected chi connectivity index (χ4v) is 11.2. The maximum Gasteiger partial charge on any atom is 0.0237 e. The van der Waals surface area contributed by atoms with Gasteiger partial charge in [0.25, 0.3) is 0 Å². The zero-order valence-corrected chi connectivity index (χ0v) is 29.4. The first-order valence-electron chi connectivity index (χ1n) is 19.7. The second-order valence-corrected chi connectivity index (χ2v) is 17.0. The minimum absolute atomic E-state index is 0.0592. The Labute approximate surface area is 264 Å². The van der Waals surface area contributed by atoms with Crippen LogP contribution in [0.1, 0.15) is 202 Å². The van der Waals surface area contributed by atoms with E-state index in [4.69, 9.17) is 5.73 Å². The number of unbranched alkanes of at least 4 members (excludes halogenated alkanes) is 16. The number of hydrogen-bond acceptors (Lipinski definition) is 1. The predicted molar refractivity (Wildman–Crippen MR) is 186 cm³/mol. The molecule has 0 aromatic rings. The molecule has 0 heterocycles. The average molecular weight is 582 g/mol. The highest BCUT2D eigenvalue weighted by Gasteiger charge is 2.63. The van der Waals surface area contributed by atoms with Gasteiger partial charge in [-0.3, -0.25) is 0 Å². The molecule has 0 aromatic carbocycles. The largest absolute Gasteiger partial charge is 0.324 e. The Balaban J connectivity index is 1.08. The van der Waals surface area contributed by atoms with E-state index in [-0.39, 0.29) is 5.54 Å². The molecule has 0 bridgehead atoms. The summed E-state index contributed by atoms with van der Waals surface area (Å²) in [7, 11) is 0. The van der Waals surface area contributed by atoms with Crippen LogP contribution in [-0.2, 0) is 0 Å². The summed E-state index contributed by atoms with van der Waals surface area (Å²) in [5, 5.41) is 0. The lowest BCUT2D eigenvalue weighted by atomic mass is 9.45. The van der Waals surface area contributed by atoms with Crippen molar-refractivity contribution in [1.29, 1.82) is 0 Å². The van der Waals surface area contributed by atoms with Crippen molar-refractivity contribution < 1.29 is 0 Å². The van der Waals surface area contributed by atoms with Crippen LogP contribution in [0.2, 0.25) is 0 Å². The van der Waals surface area contributed by atoms with E-state index >= 15 is 0 Å². The van der Waals surface area contributed by atoms with E-state index in [0.717, 1.165) is 23.7 Å². The molecule has 0 radical (unpaired) electrons. The second-order valence-electron chi connectivity index (χ2n) is 17.0. The maximum atomic E-state index is 7.55. The number of hydrogen-bond donors (Lipinski definition) is 1. The number of nitrogens with two attached hydrogens (primary N) is 1. The van der Waals surface area contributed by atoms with Crippen molar-refractivity contribution >= 4 is 0 Å². The second kappa shape index (κ2) is 16.3. The van der Waals surface area contributed by atoms with Gasteiger partial charge in [-0.2, -0.15) is 0 Å². The van der Waals surface area contributed by atoms with Gasteiger partial charge in [0.15, 0.2) is 0 Å². The van der Waals surface area contributed by atoms with Crippen molar-refractivity contribution in [3.63, 3.8) is 0 Å². The van der Waals surface area contributed by atoms with Gasteiger partial charge in [0, 0.05) is 5.54 Å². The van der Waals surface area contributed by atoms with Gasteiger partial charge in [-0.15, -0.1) is 0 Å². The molecule has 0 amide bonds. The molecule has 0 spiro atoms. The molecule has 8 atom stereocenters. The summed E-state index contributed by atoms with van der Waals surface area (Å²) in [4.78, 5) is 0. The molecule has 0 aromatic heterocycles. The van der Waals surface area contributed by atoms with Gasteiger partial charge >= 0.3 is 0 Å². The Kier molecular flexibility index (Phi) is 13.4. The van der Waals surface area contributed by atoms with Crippen LogP contribution in [0.25, 0.3) is 0 Å². The highest BCUT2D eigenvalue weighted by molar-refractivity contribution is 5.26. The van der Waals surface area contributed by atoms with Crippen LogP contribution in [0.5, 0.6) is 0 Å². The topological polar surface area (TPSA) is 26.0 Å². The minimum Gasteiger partial charge on any atom is -0.324 e. The summed E-state index contributed by atoms with van der Waals surface area (Å²) in [6.45, 7) is 12.6. The molecule has 0 saturated heterocycles. The standard InChI is InChI=1S/C41H75N/c1-6-7-8-9-10-11-12-13-14-15-16-17-18-19-20-21-22-23-34(3)41(42)31-28-38-36-25-24-35-32-33(2)26-29-39(35,4)37(36)27-30-40(38,41)5/h24,33-34,36-38H,6-23,25-32,42H2,1-5H3/t33-,34+,36?,37-,38-,39-,40-,41-/m0/s1. The van der Waals surface area contributed by atoms with Crippen molar-refractivity contribution in [2.24, 2.45) is 46.2 Å². The highest BCUT2D eigenvalue weighted by atomic mass is 14.9. The summed E-state index contributed by atoms with van der Waals surface area (Å²) in [5.41, 5.74) is 10.3. The molecule has 0 aliphatic heterocycles. The molecule has 244 valence electrons. The fourth-order valence-electron chi connectivity index (χ4n) is 11.2. The van der Waals surface area contributed by atoms with Crippen LogP contribution in [0.3, 0.4) is 0 Å². The molecular weight excluding hydrogens is 506 g/mol. The molecule has 4 rings (SSSR count). The molecular formula is C41H75N. The molecule has 3 fully saturated rings. The van der Waals surface area contributed by atoms with Crippen LogP contribution in [0.4, 0.5) is 0 Å². The monoisotopic (exact) mass is 582 g/mol. The van der Waals surface area contributed by atoms with Crippen molar-refractivity contribution in [1.82, 2.24) is 0 Å². The van der Waals surface area contributed by atoms with Gasteiger partial charge in [-0.25, -0.2) is 0 Å². The van der Waals surface area contributed by atoms with Crippen molar-refractivity contribution in [3.05, 3.63) is 11.6 Å². The summed E-state index contributed by atoms with van der Waals surface area (Å²) < 4.78 is 0. The normalized spacial score (nSPS) is 36.7. The van der Waals surface area contributed by atoms with E-state index in [1.54, 1.807) is 0 Å². The van der Waals surface area contributed by atoms with Crippen LogP contribution in [0, 0.1) is 40.4 Å². The molecule has 1 heteroatoms. The van der Waals surface area contributed by atoms with Crippen molar-refractivity contribution in [2.45, 2.75) is 207 Å². The lowest BCUT2D eigenvalue weighted by Crippen LogP contribution is -2.60. The quantitative estimate of drug-likeness (QED) is 0.119. The number of allylic oxidation sites excluding steroid dienone is 2. The van der Waals surface area contributed by atoms with Crippen LogP contribution < -0.4 is 5.73 Å². The predicted octanol–water partition coefficient (Wildman–Crippen LogP) is 13.0. The fraction of sp³-hybridized carbons (Fsp3) is 0.951. The molecule has 3 saturated carbocycles. The SMILES string of the molecule is CCCCCCCCCCCCCCCCCCC[C@@H](C)[C@@]1(N)CC[C@H]2C3CC=C4C[C@@H](C)CC[C@]4(C)[C@H]3CC[C@@]21C. The van der Waals surface area contributed by atoms with Gasteiger partial charge in [-0.05, 0) is 98.2 Å². The maximum absolute atomic E-state index is 7.55. The average Bonchev–Trinajstić information content (AvgIpc) is 3.26. The van der Waals surface area contributed by atoms with Crippen LogP contribution in [0.15, 0.2) is 11.6 Å². The first-order chi connectivity index (χ1) is 20.3. The first-order valence-corrected chi connectivity index (χ1v) is 19.7. The molecule has 42 heavy (non-hydrogen) atoms. The van der Waals surface area contributed by atoms with Gasteiger partial charge < -0.3 is 5.73 Å². The Morgan fingerprint density at radius 1 is 0.714 bits per heavy atom. The minimum atomic E-state index is 0.0592. The summed E-state index contributed by atoms with van der Waals surface area (Å²) in [5.74, 6) is 4.23. The van der Waals surface area contributed by atoms with Crippen molar-refractivity contribution in [3.8, 4) is 0 Å². The third kappa shape index (κ3) is 7.91. The van der Waals surface area contributed by atoms with E-state index in [1.807, 2.05) is 5.57 Å². The van der Waals surface area contributed by atoms with Gasteiger partial charge in [0.2, 0.25) is 0 Å². The van der Waals surface area contributed by atoms with Gasteiger partial charge in [-0.1, -0.05) is 155 Å². The molecule has 4 aliphatic rings. The molecule has 1 unspecified atom stereocenters. The van der Waals surface area contributed by atoms with E-state index < -0.39 is 0 Å². The van der Waals surface area contributed by atoms with Crippen molar-refractivity contribution in [2.75, 3.05) is 0 Å². The zero-order valence-electron chi connectivity index (χ0n) is 29.4. The van der Waals surface area contributed by atoms with Crippen LogP contribution >= 0.6 is 0 Å². The third-order valence-corrected chi connectivity index (χ3v) is 14.3. The van der Waals surface area contributed by atoms with E-state index in [0.29, 0.717) is 16.7 Å². The molecule has 4 aliphatic carbocycles. The summed E-state index contributed by atoms with van der Waals surface area (Å²) >= 11 is 0. The highest BCUT2D eigenvalue weighted by Crippen LogP contribution is 2.68. The zero-order chi connectivity index (χ0) is 30.1. The van der Waals surface area contributed by atoms with E-state index in [1.165, 1.54) is 167 Å². The van der Waals surface area contributed by atoms with Gasteiger partial charge in [0.1, 0.15) is 0 Å². The summed E-state index contributed by atoms with van der Waals surface area (Å²) in [6, 6.07) is 0. The third-order valence-electron chi connectivity index (χ3n) is 14.3. The lowest BCUT2D eigenvalue weighted by Gasteiger charge is -2.60. The van der Waals surface area contributed by atoms with Crippen LogP contribution in [-0.4, -0.2) is 5.54 Å². The number of fused-ring (bicyclic) bond motifs is 5. The Hall–Kier alpha value is -0.300. The van der Waals surface area contributed by atoms with E-state index in [2.05, 4.69) is 40.7 Å². The smallest absolute Gasteiger partial charge is 0.0237 e. The Morgan fingerprint density at radius 2 is 1.24 bits per heavy atom. The van der Waals surface area contributed by atoms with Gasteiger partial charge in [0.05, 0.1) is 0 Å².